The summed E-state index contributed by atoms with van der Waals surface area (Å²) in [7, 11) is 0. The van der Waals surface area contributed by atoms with Gasteiger partial charge in [0.1, 0.15) is 17.1 Å². The number of benzene rings is 1. The van der Waals surface area contributed by atoms with Crippen molar-refractivity contribution in [1.29, 1.82) is 0 Å². The number of hydrogen-bond acceptors (Lipinski definition) is 5. The number of hydrogen-bond donors (Lipinski definition) is 1. The Bertz CT molecular complexity index is 1010. The van der Waals surface area contributed by atoms with Crippen LogP contribution in [0, 0.1) is 0 Å². The molecule has 1 atom stereocenters. The number of furan rings is 1. The largest absolute Gasteiger partial charge is 0.484 e. The fourth-order valence-electron chi connectivity index (χ4n) is 2.51. The molecule has 0 fully saturated rings. The van der Waals surface area contributed by atoms with Crippen LogP contribution >= 0.6 is 0 Å². The number of ether oxygens (including phenoxy) is 1. The molecule has 0 aliphatic carbocycles. The molecule has 0 aliphatic heterocycles. The normalized spacial score (nSPS) is 12.7. The van der Waals surface area contributed by atoms with Crippen LogP contribution in [0.3, 0.4) is 0 Å². The van der Waals surface area contributed by atoms with Crippen molar-refractivity contribution in [2.75, 3.05) is 6.61 Å². The van der Waals surface area contributed by atoms with Gasteiger partial charge in [0.2, 0.25) is 0 Å². The second kappa shape index (κ2) is 7.18. The van der Waals surface area contributed by atoms with E-state index >= 15 is 0 Å². The molecule has 1 aromatic carbocycles. The van der Waals surface area contributed by atoms with Crippen LogP contribution in [0.2, 0.25) is 0 Å². The zero-order chi connectivity index (χ0) is 19.6. The Hall–Kier alpha value is -3.23. The summed E-state index contributed by atoms with van der Waals surface area (Å²) in [6.07, 6.45) is -3.22. The van der Waals surface area contributed by atoms with E-state index < -0.39 is 23.3 Å². The lowest BCUT2D eigenvalue weighted by molar-refractivity contribution is -0.136. The average molecular weight is 381 g/mol. The van der Waals surface area contributed by atoms with E-state index in [4.69, 9.17) is 13.6 Å². The van der Waals surface area contributed by atoms with E-state index in [1.165, 1.54) is 12.3 Å². The molecule has 9 heteroatoms. The van der Waals surface area contributed by atoms with E-state index in [1.807, 2.05) is 0 Å². The molecule has 0 spiro atoms. The molecule has 3 aromatic rings. The average Bonchev–Trinajstić information content (AvgIpc) is 3.12. The van der Waals surface area contributed by atoms with Crippen LogP contribution < -0.4 is 15.7 Å². The van der Waals surface area contributed by atoms with Gasteiger partial charge in [-0.2, -0.15) is 13.2 Å². The van der Waals surface area contributed by atoms with Crippen LogP contribution in [0.5, 0.6) is 5.75 Å². The Morgan fingerprint density at radius 2 is 2.04 bits per heavy atom. The van der Waals surface area contributed by atoms with Crippen molar-refractivity contribution in [3.63, 3.8) is 0 Å². The Balaban J connectivity index is 1.72. The molecule has 3 rings (SSSR count). The quantitative estimate of drug-likeness (QED) is 0.682. The van der Waals surface area contributed by atoms with E-state index in [0.29, 0.717) is 11.8 Å². The SMILES string of the molecule is CC(NC(=O)COc1ccc2c(C(F)(F)F)cc(=O)oc2c1)c1ccco1. The predicted octanol–water partition coefficient (Wildman–Crippen LogP) is 3.66. The van der Waals surface area contributed by atoms with Crippen molar-refractivity contribution < 1.29 is 31.5 Å². The maximum atomic E-state index is 13.0. The van der Waals surface area contributed by atoms with Gasteiger partial charge in [-0.05, 0) is 31.2 Å². The Labute approximate surface area is 150 Å². The summed E-state index contributed by atoms with van der Waals surface area (Å²) in [5.41, 5.74) is -2.50. The highest BCUT2D eigenvalue weighted by molar-refractivity contribution is 5.82. The summed E-state index contributed by atoms with van der Waals surface area (Å²) in [5, 5.41) is 2.38. The summed E-state index contributed by atoms with van der Waals surface area (Å²) >= 11 is 0. The monoisotopic (exact) mass is 381 g/mol. The number of carbonyl (C=O) groups is 1. The maximum absolute atomic E-state index is 13.0. The van der Waals surface area contributed by atoms with Crippen molar-refractivity contribution in [1.82, 2.24) is 5.32 Å². The summed E-state index contributed by atoms with van der Waals surface area (Å²) in [5.74, 6) is 0.200. The number of carbonyl (C=O) groups excluding carboxylic acids is 1. The van der Waals surface area contributed by atoms with Gasteiger partial charge in [0.15, 0.2) is 6.61 Å². The summed E-state index contributed by atoms with van der Waals surface area (Å²) in [4.78, 5) is 23.3. The van der Waals surface area contributed by atoms with Gasteiger partial charge >= 0.3 is 11.8 Å². The molecule has 2 aromatic heterocycles. The highest BCUT2D eigenvalue weighted by Gasteiger charge is 2.33. The van der Waals surface area contributed by atoms with E-state index in [9.17, 15) is 22.8 Å². The van der Waals surface area contributed by atoms with Gasteiger partial charge in [0, 0.05) is 17.5 Å². The van der Waals surface area contributed by atoms with E-state index in [-0.39, 0.29) is 29.4 Å². The zero-order valence-electron chi connectivity index (χ0n) is 14.0. The van der Waals surface area contributed by atoms with Gasteiger partial charge < -0.3 is 18.9 Å². The fourth-order valence-corrected chi connectivity index (χ4v) is 2.51. The maximum Gasteiger partial charge on any atom is 0.417 e. The van der Waals surface area contributed by atoms with E-state index in [1.54, 1.807) is 19.1 Å². The van der Waals surface area contributed by atoms with Gasteiger partial charge in [-0.1, -0.05) is 0 Å². The van der Waals surface area contributed by atoms with Gasteiger partial charge in [0.25, 0.3) is 5.91 Å². The Kier molecular flexibility index (Phi) is 4.93. The van der Waals surface area contributed by atoms with Crippen molar-refractivity contribution in [3.8, 4) is 5.75 Å². The lowest BCUT2D eigenvalue weighted by Gasteiger charge is -2.13. The molecule has 142 valence electrons. The molecule has 1 amide bonds. The minimum absolute atomic E-state index is 0.0887. The third-order valence-electron chi connectivity index (χ3n) is 3.74. The first kappa shape index (κ1) is 18.6. The van der Waals surface area contributed by atoms with E-state index in [2.05, 4.69) is 5.32 Å². The summed E-state index contributed by atoms with van der Waals surface area (Å²) < 4.78 is 54.3. The lowest BCUT2D eigenvalue weighted by Crippen LogP contribution is -2.31. The smallest absolute Gasteiger partial charge is 0.417 e. The molecule has 0 aliphatic rings. The molecule has 0 saturated heterocycles. The molecule has 27 heavy (non-hydrogen) atoms. The lowest BCUT2D eigenvalue weighted by atomic mass is 10.1. The number of fused-ring (bicyclic) bond motifs is 1. The van der Waals surface area contributed by atoms with Crippen molar-refractivity contribution in [2.24, 2.45) is 0 Å². The first-order valence-electron chi connectivity index (χ1n) is 7.85. The third kappa shape index (κ3) is 4.30. The first-order valence-corrected chi connectivity index (χ1v) is 7.85. The minimum atomic E-state index is -4.70. The highest BCUT2D eigenvalue weighted by Crippen LogP contribution is 2.34. The molecular weight excluding hydrogens is 367 g/mol. The van der Waals surface area contributed by atoms with E-state index in [0.717, 1.165) is 12.1 Å². The van der Waals surface area contributed by atoms with Crippen molar-refractivity contribution >= 4 is 16.9 Å². The molecule has 0 radical (unpaired) electrons. The minimum Gasteiger partial charge on any atom is -0.484 e. The van der Waals surface area contributed by atoms with Crippen molar-refractivity contribution in [3.05, 3.63) is 64.4 Å². The molecule has 1 unspecified atom stereocenters. The molecule has 2 heterocycles. The van der Waals surface area contributed by atoms with Crippen LogP contribution in [-0.2, 0) is 11.0 Å². The molecule has 0 saturated carbocycles. The van der Waals surface area contributed by atoms with Crippen LogP contribution in [0.4, 0.5) is 13.2 Å². The van der Waals surface area contributed by atoms with Crippen LogP contribution in [-0.4, -0.2) is 12.5 Å². The number of rotatable bonds is 5. The Morgan fingerprint density at radius 3 is 2.70 bits per heavy atom. The van der Waals surface area contributed by atoms with Gasteiger partial charge in [-0.25, -0.2) is 4.79 Å². The van der Waals surface area contributed by atoms with Gasteiger partial charge in [0.05, 0.1) is 17.9 Å². The standard InChI is InChI=1S/C18H14F3NO5/c1-10(14-3-2-6-25-14)22-16(23)9-26-11-4-5-12-13(18(19,20)21)8-17(24)27-15(12)7-11/h2-8,10H,9H2,1H3,(H,22,23). The first-order chi connectivity index (χ1) is 12.7. The number of amides is 1. The molecule has 0 bridgehead atoms. The number of halogens is 3. The zero-order valence-corrected chi connectivity index (χ0v) is 14.0. The Morgan fingerprint density at radius 1 is 1.26 bits per heavy atom. The number of alkyl halides is 3. The number of nitrogens with one attached hydrogen (secondary N) is 1. The molecular formula is C18H14F3NO5. The predicted molar refractivity (Wildman–Crippen MR) is 88.2 cm³/mol. The van der Waals surface area contributed by atoms with Crippen LogP contribution in [0.1, 0.15) is 24.3 Å². The molecule has 6 nitrogen and oxygen atoms in total. The summed E-state index contributed by atoms with van der Waals surface area (Å²) in [6, 6.07) is 6.93. The topological polar surface area (TPSA) is 81.7 Å². The highest BCUT2D eigenvalue weighted by atomic mass is 19.4. The third-order valence-corrected chi connectivity index (χ3v) is 3.74. The molecule has 1 N–H and O–H groups in total. The second-order valence-electron chi connectivity index (χ2n) is 5.73. The summed E-state index contributed by atoms with van der Waals surface area (Å²) in [6.45, 7) is 1.35. The van der Waals surface area contributed by atoms with Gasteiger partial charge in [-0.3, -0.25) is 4.79 Å². The van der Waals surface area contributed by atoms with Gasteiger partial charge in [-0.15, -0.1) is 0 Å². The van der Waals surface area contributed by atoms with Crippen LogP contribution in [0.25, 0.3) is 11.0 Å². The fraction of sp³-hybridized carbons (Fsp3) is 0.222. The van der Waals surface area contributed by atoms with Crippen LogP contribution in [0.15, 0.2) is 56.3 Å². The second-order valence-corrected chi connectivity index (χ2v) is 5.73. The van der Waals surface area contributed by atoms with Crippen molar-refractivity contribution in [2.45, 2.75) is 19.1 Å².